The summed E-state index contributed by atoms with van der Waals surface area (Å²) in [6.07, 6.45) is 5.51. The number of guanidine groups is 1. The van der Waals surface area contributed by atoms with E-state index in [0.717, 1.165) is 31.9 Å². The fourth-order valence-corrected chi connectivity index (χ4v) is 4.67. The maximum absolute atomic E-state index is 11.8. The van der Waals surface area contributed by atoms with Crippen LogP contribution in [0.25, 0.3) is 0 Å². The Hall–Kier alpha value is -0.0900. The summed E-state index contributed by atoms with van der Waals surface area (Å²) >= 11 is 0. The molecular formula is C15H31IN4O2S. The molecule has 2 saturated heterocycles. The van der Waals surface area contributed by atoms with Crippen molar-refractivity contribution in [2.75, 3.05) is 39.5 Å². The minimum atomic E-state index is -3.11. The Morgan fingerprint density at radius 1 is 1.39 bits per heavy atom. The van der Waals surface area contributed by atoms with E-state index in [1.54, 1.807) is 11.4 Å². The van der Waals surface area contributed by atoms with Crippen molar-refractivity contribution in [1.82, 2.24) is 14.5 Å². The van der Waals surface area contributed by atoms with Gasteiger partial charge in [0, 0.05) is 39.3 Å². The van der Waals surface area contributed by atoms with Crippen molar-refractivity contribution in [3.05, 3.63) is 0 Å². The zero-order chi connectivity index (χ0) is 16.4. The molecule has 2 aliphatic rings. The molecule has 1 unspecified atom stereocenters. The van der Waals surface area contributed by atoms with Gasteiger partial charge in [-0.1, -0.05) is 13.8 Å². The van der Waals surface area contributed by atoms with Crippen LogP contribution in [-0.4, -0.2) is 69.1 Å². The fourth-order valence-electron chi connectivity index (χ4n) is 3.48. The second-order valence-corrected chi connectivity index (χ2v) is 8.87. The van der Waals surface area contributed by atoms with Crippen molar-refractivity contribution in [2.24, 2.45) is 10.4 Å². The summed E-state index contributed by atoms with van der Waals surface area (Å²) in [5.74, 6) is 0.900. The Bertz CT molecular complexity index is 526. The summed E-state index contributed by atoms with van der Waals surface area (Å²) < 4.78 is 25.2. The molecule has 0 aliphatic carbocycles. The number of likely N-dealkylation sites (tertiary alicyclic amines) is 1. The van der Waals surface area contributed by atoms with E-state index in [-0.39, 0.29) is 30.0 Å². The van der Waals surface area contributed by atoms with Crippen LogP contribution in [0.4, 0.5) is 0 Å². The summed E-state index contributed by atoms with van der Waals surface area (Å²) in [6.45, 7) is 7.87. The number of nitrogens with zero attached hydrogens (tertiary/aromatic N) is 3. The number of hydrogen-bond donors (Lipinski definition) is 1. The van der Waals surface area contributed by atoms with Crippen LogP contribution in [0, 0.1) is 5.41 Å². The zero-order valence-electron chi connectivity index (χ0n) is 14.7. The van der Waals surface area contributed by atoms with Crippen molar-refractivity contribution in [2.45, 2.75) is 45.6 Å². The number of aliphatic imine (C=N–C) groups is 1. The quantitative estimate of drug-likeness (QED) is 0.396. The molecule has 0 aromatic carbocycles. The Labute approximate surface area is 158 Å². The number of nitrogens with one attached hydrogen (secondary N) is 1. The van der Waals surface area contributed by atoms with E-state index < -0.39 is 10.0 Å². The maximum atomic E-state index is 11.8. The van der Waals surface area contributed by atoms with Gasteiger partial charge >= 0.3 is 0 Å². The standard InChI is InChI=1S/C15H30N4O2S.HI/c1-5-15(2)8-10-18(12-15)14(16-3)17-11-13-7-6-9-19(13)22(4,20)21;/h13H,5-12H2,1-4H3,(H,16,17);1H/t13-,15?;/m1./s1. The van der Waals surface area contributed by atoms with Crippen LogP contribution in [0.2, 0.25) is 0 Å². The topological polar surface area (TPSA) is 65.0 Å². The molecule has 1 N–H and O–H groups in total. The maximum Gasteiger partial charge on any atom is 0.211 e. The third-order valence-electron chi connectivity index (χ3n) is 5.17. The second-order valence-electron chi connectivity index (χ2n) is 6.93. The van der Waals surface area contributed by atoms with Crippen LogP contribution >= 0.6 is 24.0 Å². The van der Waals surface area contributed by atoms with E-state index in [0.29, 0.717) is 18.5 Å². The van der Waals surface area contributed by atoms with Crippen LogP contribution in [0.5, 0.6) is 0 Å². The second kappa shape index (κ2) is 8.33. The van der Waals surface area contributed by atoms with Crippen molar-refractivity contribution >= 4 is 40.0 Å². The lowest BCUT2D eigenvalue weighted by Crippen LogP contribution is -2.47. The molecule has 2 heterocycles. The molecule has 0 aromatic heterocycles. The highest BCUT2D eigenvalue weighted by Crippen LogP contribution is 2.32. The minimum Gasteiger partial charge on any atom is -0.355 e. The molecule has 0 spiro atoms. The molecule has 0 saturated carbocycles. The normalized spacial score (nSPS) is 29.7. The van der Waals surface area contributed by atoms with Gasteiger partial charge < -0.3 is 10.2 Å². The van der Waals surface area contributed by atoms with Gasteiger partial charge in [-0.2, -0.15) is 4.31 Å². The molecule has 23 heavy (non-hydrogen) atoms. The average molecular weight is 458 g/mol. The summed E-state index contributed by atoms with van der Waals surface area (Å²) in [7, 11) is -1.31. The lowest BCUT2D eigenvalue weighted by atomic mass is 9.87. The number of rotatable bonds is 4. The van der Waals surface area contributed by atoms with Crippen molar-refractivity contribution in [1.29, 1.82) is 0 Å². The molecule has 0 aromatic rings. The number of hydrogen-bond acceptors (Lipinski definition) is 3. The van der Waals surface area contributed by atoms with Gasteiger partial charge in [-0.05, 0) is 31.1 Å². The summed E-state index contributed by atoms with van der Waals surface area (Å²) in [6, 6.07) is 0.0481. The Morgan fingerprint density at radius 3 is 2.61 bits per heavy atom. The first kappa shape index (κ1) is 21.0. The lowest BCUT2D eigenvalue weighted by Gasteiger charge is -2.28. The molecule has 2 aliphatic heterocycles. The van der Waals surface area contributed by atoms with Gasteiger partial charge in [-0.15, -0.1) is 24.0 Å². The molecule has 6 nitrogen and oxygen atoms in total. The first-order valence-electron chi connectivity index (χ1n) is 8.21. The van der Waals surface area contributed by atoms with E-state index in [9.17, 15) is 8.42 Å². The van der Waals surface area contributed by atoms with Gasteiger partial charge in [-0.25, -0.2) is 8.42 Å². The van der Waals surface area contributed by atoms with Crippen LogP contribution in [-0.2, 0) is 10.0 Å². The van der Waals surface area contributed by atoms with E-state index in [2.05, 4.69) is 29.1 Å². The summed E-state index contributed by atoms with van der Waals surface area (Å²) in [5.41, 5.74) is 0.365. The minimum absolute atomic E-state index is 0. The van der Waals surface area contributed by atoms with Gasteiger partial charge in [0.05, 0.1) is 6.26 Å². The molecule has 2 rings (SSSR count). The highest BCUT2D eigenvalue weighted by atomic mass is 127. The van der Waals surface area contributed by atoms with Crippen LogP contribution in [0.3, 0.4) is 0 Å². The predicted molar refractivity (Wildman–Crippen MR) is 106 cm³/mol. The molecule has 2 fully saturated rings. The summed E-state index contributed by atoms with van der Waals surface area (Å²) in [5, 5.41) is 3.39. The highest BCUT2D eigenvalue weighted by Gasteiger charge is 2.35. The van der Waals surface area contributed by atoms with Gasteiger partial charge in [-0.3, -0.25) is 4.99 Å². The Balaban J connectivity index is 0.00000264. The largest absolute Gasteiger partial charge is 0.355 e. The first-order chi connectivity index (χ1) is 10.3. The fraction of sp³-hybridized carbons (Fsp3) is 0.933. The molecule has 8 heteroatoms. The molecule has 0 amide bonds. The lowest BCUT2D eigenvalue weighted by molar-refractivity contribution is 0.320. The number of halogens is 1. The van der Waals surface area contributed by atoms with Gasteiger partial charge in [0.15, 0.2) is 5.96 Å². The van der Waals surface area contributed by atoms with E-state index in [1.807, 2.05) is 0 Å². The summed E-state index contributed by atoms with van der Waals surface area (Å²) in [4.78, 5) is 6.68. The van der Waals surface area contributed by atoms with E-state index >= 15 is 0 Å². The third kappa shape index (κ3) is 5.19. The third-order valence-corrected chi connectivity index (χ3v) is 6.50. The van der Waals surface area contributed by atoms with Crippen molar-refractivity contribution in [3.8, 4) is 0 Å². The van der Waals surface area contributed by atoms with E-state index in [1.165, 1.54) is 19.1 Å². The Morgan fingerprint density at radius 2 is 2.09 bits per heavy atom. The van der Waals surface area contributed by atoms with Gasteiger partial charge in [0.1, 0.15) is 0 Å². The Kier molecular flexibility index (Phi) is 7.59. The van der Waals surface area contributed by atoms with Crippen molar-refractivity contribution < 1.29 is 8.42 Å². The SMILES string of the molecule is CCC1(C)CCN(C(=NC)NC[C@H]2CCCN2S(C)(=O)=O)C1.I. The molecule has 0 radical (unpaired) electrons. The van der Waals surface area contributed by atoms with Gasteiger partial charge in [0.2, 0.25) is 10.0 Å². The van der Waals surface area contributed by atoms with Crippen molar-refractivity contribution in [3.63, 3.8) is 0 Å². The van der Waals surface area contributed by atoms with Gasteiger partial charge in [0.25, 0.3) is 0 Å². The van der Waals surface area contributed by atoms with Crippen LogP contribution in [0.15, 0.2) is 4.99 Å². The molecule has 2 atom stereocenters. The van der Waals surface area contributed by atoms with Crippen LogP contribution in [0.1, 0.15) is 39.5 Å². The molecule has 0 bridgehead atoms. The van der Waals surface area contributed by atoms with E-state index in [4.69, 9.17) is 0 Å². The molecule has 136 valence electrons. The first-order valence-corrected chi connectivity index (χ1v) is 10.1. The predicted octanol–water partition coefficient (Wildman–Crippen LogP) is 1.73. The highest BCUT2D eigenvalue weighted by molar-refractivity contribution is 14.0. The number of sulfonamides is 1. The average Bonchev–Trinajstić information content (AvgIpc) is 3.07. The zero-order valence-corrected chi connectivity index (χ0v) is 17.9. The van der Waals surface area contributed by atoms with Crippen LogP contribution < -0.4 is 5.32 Å². The monoisotopic (exact) mass is 458 g/mol. The smallest absolute Gasteiger partial charge is 0.211 e. The molecular weight excluding hydrogens is 427 g/mol.